The molecule has 194 valence electrons. The van der Waals surface area contributed by atoms with Crippen molar-refractivity contribution in [1.29, 1.82) is 0 Å². The second-order valence-corrected chi connectivity index (χ2v) is 10.6. The van der Waals surface area contributed by atoms with E-state index in [1.54, 1.807) is 5.48 Å². The van der Waals surface area contributed by atoms with Crippen LogP contribution in [-0.4, -0.2) is 86.6 Å². The van der Waals surface area contributed by atoms with Crippen LogP contribution >= 0.6 is 0 Å². The topological polar surface area (TPSA) is 131 Å². The van der Waals surface area contributed by atoms with Gasteiger partial charge in [-0.3, -0.25) is 19.1 Å². The number of hydrogen-bond donors (Lipinski definition) is 2. The van der Waals surface area contributed by atoms with Gasteiger partial charge in [0.05, 0.1) is 24.0 Å². The first-order valence-electron chi connectivity index (χ1n) is 12.3. The van der Waals surface area contributed by atoms with Crippen molar-refractivity contribution < 1.29 is 33.0 Å². The third kappa shape index (κ3) is 5.86. The van der Waals surface area contributed by atoms with E-state index in [-0.39, 0.29) is 32.0 Å². The van der Waals surface area contributed by atoms with E-state index < -0.39 is 33.9 Å². The maximum atomic E-state index is 12.9. The van der Waals surface area contributed by atoms with Crippen molar-refractivity contribution in [2.45, 2.75) is 55.9 Å². The minimum Gasteiger partial charge on any atom is -0.771 e. The molecule has 3 saturated heterocycles. The monoisotopic (exact) mass is 508 g/mol. The molecular weight excluding hydrogens is 474 g/mol. The number of carbonyl (C=O) groups excluding carboxylic acids is 2. The van der Waals surface area contributed by atoms with Gasteiger partial charge in [-0.25, -0.2) is 10.3 Å². The van der Waals surface area contributed by atoms with Gasteiger partial charge in [-0.1, -0.05) is 30.3 Å². The van der Waals surface area contributed by atoms with E-state index in [4.69, 9.17) is 9.47 Å². The summed E-state index contributed by atoms with van der Waals surface area (Å²) in [5.74, 6) is -0.396. The predicted molar refractivity (Wildman–Crippen MR) is 126 cm³/mol. The molecule has 10 nitrogen and oxygen atoms in total. The normalized spacial score (nSPS) is 23.9. The van der Waals surface area contributed by atoms with Crippen molar-refractivity contribution >= 4 is 23.1 Å². The number of carbonyl (C=O) groups is 2. The van der Waals surface area contributed by atoms with Gasteiger partial charge in [0.1, 0.15) is 6.10 Å². The number of amides is 2. The third-order valence-electron chi connectivity index (χ3n) is 7.69. The maximum absolute atomic E-state index is 12.9. The molecule has 3 fully saturated rings. The molecule has 0 aromatic heterocycles. The summed E-state index contributed by atoms with van der Waals surface area (Å²) in [5.41, 5.74) is 1.57. The Labute approximate surface area is 208 Å². The van der Waals surface area contributed by atoms with E-state index in [1.807, 2.05) is 23.1 Å². The van der Waals surface area contributed by atoms with Crippen molar-refractivity contribution in [3.05, 3.63) is 35.9 Å². The highest BCUT2D eigenvalue weighted by molar-refractivity contribution is 7.79. The van der Waals surface area contributed by atoms with Crippen molar-refractivity contribution in [2.24, 2.45) is 5.41 Å². The highest BCUT2D eigenvalue weighted by Gasteiger charge is 2.52. The lowest BCUT2D eigenvalue weighted by Gasteiger charge is -2.50. The fourth-order valence-electron chi connectivity index (χ4n) is 5.64. The summed E-state index contributed by atoms with van der Waals surface area (Å²) >= 11 is -2.59. The number of piperidine rings is 2. The summed E-state index contributed by atoms with van der Waals surface area (Å²) in [6.07, 6.45) is 2.41. The molecule has 11 heteroatoms. The van der Waals surface area contributed by atoms with Crippen LogP contribution in [-0.2, 0) is 25.3 Å². The van der Waals surface area contributed by atoms with Crippen LogP contribution in [0.2, 0.25) is 0 Å². The van der Waals surface area contributed by atoms with Crippen molar-refractivity contribution in [3.63, 3.8) is 0 Å². The molecule has 1 aromatic rings. The number of benzene rings is 1. The highest BCUT2D eigenvalue weighted by Crippen LogP contribution is 2.41. The molecule has 2 amide bonds. The highest BCUT2D eigenvalue weighted by atomic mass is 32.2. The number of hydroxylamine groups is 1. The zero-order valence-corrected chi connectivity index (χ0v) is 20.6. The summed E-state index contributed by atoms with van der Waals surface area (Å²) in [5, 5.41) is 8.43. The van der Waals surface area contributed by atoms with Gasteiger partial charge in [0.25, 0.3) is 5.91 Å². The van der Waals surface area contributed by atoms with Crippen LogP contribution in [0.5, 0.6) is 0 Å². The van der Waals surface area contributed by atoms with Gasteiger partial charge in [0, 0.05) is 25.9 Å². The zero-order chi connectivity index (χ0) is 24.8. The summed E-state index contributed by atoms with van der Waals surface area (Å²) in [7, 11) is 0. The molecule has 2 atom stereocenters. The summed E-state index contributed by atoms with van der Waals surface area (Å²) in [6, 6.07) is 10.1. The van der Waals surface area contributed by atoms with Gasteiger partial charge in [-0.2, -0.15) is 0 Å². The van der Waals surface area contributed by atoms with Crippen LogP contribution in [0.3, 0.4) is 0 Å². The minimum atomic E-state index is -2.59. The van der Waals surface area contributed by atoms with Crippen LogP contribution in [0.1, 0.15) is 50.0 Å². The molecule has 0 spiro atoms. The molecule has 1 aromatic carbocycles. The van der Waals surface area contributed by atoms with Crippen LogP contribution in [0.25, 0.3) is 0 Å². The lowest BCUT2D eigenvalue weighted by atomic mass is 9.76. The van der Waals surface area contributed by atoms with Crippen molar-refractivity contribution in [3.8, 4) is 0 Å². The molecular formula is C24H34N3O7S-. The molecule has 0 radical (unpaired) electrons. The quantitative estimate of drug-likeness (QED) is 0.339. The first kappa shape index (κ1) is 26.0. The van der Waals surface area contributed by atoms with E-state index in [2.05, 4.69) is 12.1 Å². The van der Waals surface area contributed by atoms with Gasteiger partial charge < -0.3 is 18.9 Å². The number of ether oxygens (including phenoxy) is 2. The number of nitrogens with one attached hydrogen (secondary N) is 1. The molecule has 0 saturated carbocycles. The third-order valence-corrected chi connectivity index (χ3v) is 8.80. The molecule has 2 unspecified atom stereocenters. The Bertz CT molecular complexity index is 880. The summed E-state index contributed by atoms with van der Waals surface area (Å²) in [4.78, 5) is 29.0. The number of rotatable bonds is 6. The van der Waals surface area contributed by atoms with Crippen molar-refractivity contribution in [1.82, 2.24) is 15.3 Å². The Morgan fingerprint density at radius 1 is 1.09 bits per heavy atom. The average Bonchev–Trinajstić information content (AvgIpc) is 2.90. The summed E-state index contributed by atoms with van der Waals surface area (Å²) < 4.78 is 35.9. The lowest BCUT2D eigenvalue weighted by molar-refractivity contribution is -0.146. The van der Waals surface area contributed by atoms with Crippen LogP contribution in [0.4, 0.5) is 4.79 Å². The Balaban J connectivity index is 1.44. The molecule has 3 aliphatic heterocycles. The first-order valence-corrected chi connectivity index (χ1v) is 13.4. The number of nitrogens with zero attached hydrogens (tertiary/aromatic N) is 2. The van der Waals surface area contributed by atoms with E-state index in [1.165, 1.54) is 10.5 Å². The van der Waals surface area contributed by atoms with Crippen LogP contribution in [0, 0.1) is 5.41 Å². The van der Waals surface area contributed by atoms with Gasteiger partial charge in [-0.05, 0) is 61.3 Å². The number of likely N-dealkylation sites (tertiary alicyclic amines) is 2. The van der Waals surface area contributed by atoms with Gasteiger partial charge in [0.2, 0.25) is 0 Å². The molecule has 3 aliphatic rings. The Morgan fingerprint density at radius 2 is 1.71 bits per heavy atom. The van der Waals surface area contributed by atoms with Crippen LogP contribution in [0.15, 0.2) is 30.3 Å². The SMILES string of the molecule is O=C(OC1CCOCC1)N1CCC(C(=O)NO)(C(N2CCC(c3ccccc3)CC2)S(=O)[O-])CC1. The average molecular weight is 509 g/mol. The molecule has 0 bridgehead atoms. The summed E-state index contributed by atoms with van der Waals surface area (Å²) in [6.45, 7) is 2.49. The van der Waals surface area contributed by atoms with Gasteiger partial charge in [-0.15, -0.1) is 0 Å². The Morgan fingerprint density at radius 3 is 2.29 bits per heavy atom. The molecule has 4 rings (SSSR count). The Hall–Kier alpha value is -2.05. The molecule has 3 heterocycles. The lowest BCUT2D eigenvalue weighted by Crippen LogP contribution is -2.62. The van der Waals surface area contributed by atoms with Crippen molar-refractivity contribution in [2.75, 3.05) is 39.4 Å². The van der Waals surface area contributed by atoms with E-state index >= 15 is 0 Å². The van der Waals surface area contributed by atoms with E-state index in [0.29, 0.717) is 45.1 Å². The fourth-order valence-corrected chi connectivity index (χ4v) is 6.81. The maximum Gasteiger partial charge on any atom is 0.410 e. The van der Waals surface area contributed by atoms with Crippen LogP contribution < -0.4 is 5.48 Å². The smallest absolute Gasteiger partial charge is 0.410 e. The first-order chi connectivity index (χ1) is 16.9. The fraction of sp³-hybridized carbons (Fsp3) is 0.667. The second-order valence-electron chi connectivity index (χ2n) is 9.61. The minimum absolute atomic E-state index is 0.111. The largest absolute Gasteiger partial charge is 0.771 e. The molecule has 0 aliphatic carbocycles. The molecule has 35 heavy (non-hydrogen) atoms. The number of hydrogen-bond acceptors (Lipinski definition) is 8. The van der Waals surface area contributed by atoms with E-state index in [9.17, 15) is 23.6 Å². The second kappa shape index (κ2) is 11.8. The molecule has 2 N–H and O–H groups in total. The van der Waals surface area contributed by atoms with Gasteiger partial charge >= 0.3 is 6.09 Å². The standard InChI is InChI=1S/C24H35N3O7S/c28-21(25-30)24(10-14-27(15-11-24)23(29)34-20-8-16-33-17-9-20)22(35(31)32)26-12-6-19(7-13-26)18-4-2-1-3-5-18/h1-5,19-20,22,30H,6-17H2,(H,25,28)(H,31,32)/p-1. The Kier molecular flexibility index (Phi) is 8.77. The predicted octanol–water partition coefficient (Wildman–Crippen LogP) is 1.97. The zero-order valence-electron chi connectivity index (χ0n) is 19.8. The van der Waals surface area contributed by atoms with E-state index in [0.717, 1.165) is 12.8 Å². The van der Waals surface area contributed by atoms with Gasteiger partial charge in [0.15, 0.2) is 0 Å².